The molecular formula is C21H16FN3O. The standard InChI is InChI=1S/C21H16FN3O/c1-14-6-5-11-25-13-19(23-20(14)25)17-9-2-3-10-18(17)24-21(26)15-7-4-8-16(22)12-15/h2-13H,1H3,(H,24,26). The maximum atomic E-state index is 13.4. The molecule has 5 heteroatoms. The molecule has 1 N–H and O–H groups in total. The molecule has 0 fully saturated rings. The summed E-state index contributed by atoms with van der Waals surface area (Å²) in [6, 6.07) is 17.0. The Bertz CT molecular complexity index is 1120. The second-order valence-corrected chi connectivity index (χ2v) is 6.06. The Morgan fingerprint density at radius 2 is 1.92 bits per heavy atom. The first kappa shape index (κ1) is 16.0. The highest BCUT2D eigenvalue weighted by molar-refractivity contribution is 6.06. The molecular weight excluding hydrogens is 329 g/mol. The van der Waals surface area contributed by atoms with Crippen molar-refractivity contribution in [3.63, 3.8) is 0 Å². The maximum Gasteiger partial charge on any atom is 0.255 e. The summed E-state index contributed by atoms with van der Waals surface area (Å²) in [5.41, 5.74) is 4.40. The number of nitrogens with one attached hydrogen (secondary N) is 1. The molecule has 0 saturated carbocycles. The van der Waals surface area contributed by atoms with Crippen molar-refractivity contribution in [3.05, 3.63) is 90.0 Å². The van der Waals surface area contributed by atoms with E-state index in [0.717, 1.165) is 22.5 Å². The number of amides is 1. The maximum absolute atomic E-state index is 13.4. The number of aryl methyl sites for hydroxylation is 1. The second-order valence-electron chi connectivity index (χ2n) is 6.06. The highest BCUT2D eigenvalue weighted by Gasteiger charge is 2.13. The molecule has 1 amide bonds. The van der Waals surface area contributed by atoms with Crippen LogP contribution in [0.3, 0.4) is 0 Å². The van der Waals surface area contributed by atoms with E-state index >= 15 is 0 Å². The molecule has 0 spiro atoms. The van der Waals surface area contributed by atoms with Gasteiger partial charge in [-0.2, -0.15) is 0 Å². The predicted molar refractivity (Wildman–Crippen MR) is 99.7 cm³/mol. The van der Waals surface area contributed by atoms with Crippen LogP contribution in [-0.2, 0) is 0 Å². The van der Waals surface area contributed by atoms with Crippen LogP contribution >= 0.6 is 0 Å². The second kappa shape index (κ2) is 6.44. The summed E-state index contributed by atoms with van der Waals surface area (Å²) in [6.07, 6.45) is 3.86. The summed E-state index contributed by atoms with van der Waals surface area (Å²) in [5.74, 6) is -0.807. The van der Waals surface area contributed by atoms with Crippen LogP contribution in [0, 0.1) is 12.7 Å². The molecule has 0 saturated heterocycles. The number of halogens is 1. The van der Waals surface area contributed by atoms with E-state index in [4.69, 9.17) is 0 Å². The molecule has 0 aliphatic heterocycles. The minimum Gasteiger partial charge on any atom is -0.321 e. The molecule has 0 aliphatic carbocycles. The van der Waals surface area contributed by atoms with Crippen molar-refractivity contribution < 1.29 is 9.18 Å². The van der Waals surface area contributed by atoms with E-state index in [1.165, 1.54) is 18.2 Å². The van der Waals surface area contributed by atoms with E-state index in [-0.39, 0.29) is 11.5 Å². The van der Waals surface area contributed by atoms with Gasteiger partial charge in [0.1, 0.15) is 11.5 Å². The molecule has 0 unspecified atom stereocenters. The molecule has 0 bridgehead atoms. The third kappa shape index (κ3) is 2.95. The lowest BCUT2D eigenvalue weighted by molar-refractivity contribution is 0.102. The molecule has 4 aromatic rings. The van der Waals surface area contributed by atoms with Gasteiger partial charge in [0.05, 0.1) is 11.4 Å². The van der Waals surface area contributed by atoms with Crippen molar-refractivity contribution in [3.8, 4) is 11.3 Å². The van der Waals surface area contributed by atoms with Gasteiger partial charge in [-0.25, -0.2) is 9.37 Å². The number of imidazole rings is 1. The largest absolute Gasteiger partial charge is 0.321 e. The highest BCUT2D eigenvalue weighted by Crippen LogP contribution is 2.28. The van der Waals surface area contributed by atoms with E-state index in [2.05, 4.69) is 10.3 Å². The zero-order chi connectivity index (χ0) is 18.1. The van der Waals surface area contributed by atoms with Gasteiger partial charge in [0.25, 0.3) is 5.91 Å². The number of nitrogens with zero attached hydrogens (tertiary/aromatic N) is 2. The Labute approximate surface area is 149 Å². The number of anilines is 1. The number of carbonyl (C=O) groups is 1. The summed E-state index contributed by atoms with van der Waals surface area (Å²) in [5, 5.41) is 2.86. The molecule has 26 heavy (non-hydrogen) atoms. The number of carbonyl (C=O) groups excluding carboxylic acids is 1. The average molecular weight is 345 g/mol. The number of hydrogen-bond acceptors (Lipinski definition) is 2. The summed E-state index contributed by atoms with van der Waals surface area (Å²) in [4.78, 5) is 17.2. The van der Waals surface area contributed by atoms with Crippen LogP contribution in [0.1, 0.15) is 15.9 Å². The monoisotopic (exact) mass is 345 g/mol. The first-order valence-electron chi connectivity index (χ1n) is 8.22. The SMILES string of the molecule is Cc1cccn2cc(-c3ccccc3NC(=O)c3cccc(F)c3)nc12. The summed E-state index contributed by atoms with van der Waals surface area (Å²) >= 11 is 0. The highest BCUT2D eigenvalue weighted by atomic mass is 19.1. The van der Waals surface area contributed by atoms with Crippen molar-refractivity contribution in [2.24, 2.45) is 0 Å². The summed E-state index contributed by atoms with van der Waals surface area (Å²) < 4.78 is 15.3. The van der Waals surface area contributed by atoms with Gasteiger partial charge in [0.2, 0.25) is 0 Å². The topological polar surface area (TPSA) is 46.4 Å². The molecule has 0 radical (unpaired) electrons. The minimum atomic E-state index is -0.443. The Balaban J connectivity index is 1.72. The Kier molecular flexibility index (Phi) is 3.97. The quantitative estimate of drug-likeness (QED) is 0.585. The fourth-order valence-electron chi connectivity index (χ4n) is 2.92. The molecule has 128 valence electrons. The van der Waals surface area contributed by atoms with Crippen LogP contribution in [-0.4, -0.2) is 15.3 Å². The molecule has 4 nitrogen and oxygen atoms in total. The number of pyridine rings is 1. The van der Waals surface area contributed by atoms with Gasteiger partial charge >= 0.3 is 0 Å². The lowest BCUT2D eigenvalue weighted by Gasteiger charge is -2.09. The van der Waals surface area contributed by atoms with E-state index in [9.17, 15) is 9.18 Å². The number of benzene rings is 2. The zero-order valence-corrected chi connectivity index (χ0v) is 14.1. The number of rotatable bonds is 3. The van der Waals surface area contributed by atoms with Crippen molar-refractivity contribution >= 4 is 17.2 Å². The van der Waals surface area contributed by atoms with Crippen LogP contribution < -0.4 is 5.32 Å². The van der Waals surface area contributed by atoms with Crippen molar-refractivity contribution in [2.45, 2.75) is 6.92 Å². The van der Waals surface area contributed by atoms with E-state index < -0.39 is 5.82 Å². The van der Waals surface area contributed by atoms with Crippen molar-refractivity contribution in [2.75, 3.05) is 5.32 Å². The smallest absolute Gasteiger partial charge is 0.255 e. The number of aromatic nitrogens is 2. The van der Waals surface area contributed by atoms with Gasteiger partial charge in [-0.3, -0.25) is 4.79 Å². The average Bonchev–Trinajstić information content (AvgIpc) is 3.08. The van der Waals surface area contributed by atoms with Crippen LogP contribution in [0.25, 0.3) is 16.9 Å². The fourth-order valence-corrected chi connectivity index (χ4v) is 2.92. The first-order valence-corrected chi connectivity index (χ1v) is 8.22. The number of para-hydroxylation sites is 1. The first-order chi connectivity index (χ1) is 12.6. The van der Waals surface area contributed by atoms with Gasteiger partial charge in [0, 0.05) is 23.5 Å². The fraction of sp³-hybridized carbons (Fsp3) is 0.0476. The summed E-state index contributed by atoms with van der Waals surface area (Å²) in [7, 11) is 0. The van der Waals surface area contributed by atoms with Crippen LogP contribution in [0.2, 0.25) is 0 Å². The minimum absolute atomic E-state index is 0.269. The Hall–Kier alpha value is -3.47. The van der Waals surface area contributed by atoms with Gasteiger partial charge in [-0.15, -0.1) is 0 Å². The molecule has 2 heterocycles. The Morgan fingerprint density at radius 1 is 1.08 bits per heavy atom. The lowest BCUT2D eigenvalue weighted by atomic mass is 10.1. The Morgan fingerprint density at radius 3 is 2.73 bits per heavy atom. The molecule has 0 aliphatic rings. The van der Waals surface area contributed by atoms with E-state index in [1.807, 2.05) is 60.1 Å². The van der Waals surface area contributed by atoms with Crippen molar-refractivity contribution in [1.82, 2.24) is 9.38 Å². The van der Waals surface area contributed by atoms with E-state index in [0.29, 0.717) is 5.69 Å². The van der Waals surface area contributed by atoms with Gasteiger partial charge in [0.15, 0.2) is 0 Å². The van der Waals surface area contributed by atoms with Gasteiger partial charge in [-0.1, -0.05) is 30.3 Å². The van der Waals surface area contributed by atoms with Crippen LogP contribution in [0.5, 0.6) is 0 Å². The lowest BCUT2D eigenvalue weighted by Crippen LogP contribution is -2.12. The number of fused-ring (bicyclic) bond motifs is 1. The third-order valence-electron chi connectivity index (χ3n) is 4.22. The molecule has 0 atom stereocenters. The van der Waals surface area contributed by atoms with E-state index in [1.54, 1.807) is 6.07 Å². The molecule has 2 aromatic heterocycles. The van der Waals surface area contributed by atoms with Crippen LogP contribution in [0.4, 0.5) is 10.1 Å². The normalized spacial score (nSPS) is 10.8. The third-order valence-corrected chi connectivity index (χ3v) is 4.22. The number of hydrogen-bond donors (Lipinski definition) is 1. The molecule has 2 aromatic carbocycles. The zero-order valence-electron chi connectivity index (χ0n) is 14.1. The van der Waals surface area contributed by atoms with Gasteiger partial charge in [-0.05, 0) is 42.8 Å². The summed E-state index contributed by atoms with van der Waals surface area (Å²) in [6.45, 7) is 2.00. The van der Waals surface area contributed by atoms with Gasteiger partial charge < -0.3 is 9.72 Å². The predicted octanol–water partition coefficient (Wildman–Crippen LogP) is 4.70. The molecule has 4 rings (SSSR count). The van der Waals surface area contributed by atoms with Crippen LogP contribution in [0.15, 0.2) is 73.1 Å². The van der Waals surface area contributed by atoms with Crippen molar-refractivity contribution in [1.29, 1.82) is 0 Å².